The largest absolute Gasteiger partial charge is 0.462 e. The maximum absolute atomic E-state index is 14.3. The predicted octanol–water partition coefficient (Wildman–Crippen LogP) is 3.02. The zero-order valence-electron chi connectivity index (χ0n) is 14.8. The number of sulfonamides is 1. The summed E-state index contributed by atoms with van der Waals surface area (Å²) < 4.78 is 58.9. The van der Waals surface area contributed by atoms with Gasteiger partial charge in [0.05, 0.1) is 16.7 Å². The number of benzene rings is 2. The first kappa shape index (κ1) is 21.2. The van der Waals surface area contributed by atoms with Crippen LogP contribution >= 0.6 is 0 Å². The molecule has 0 saturated heterocycles. The maximum atomic E-state index is 14.3. The van der Waals surface area contributed by atoms with Crippen molar-refractivity contribution in [2.75, 3.05) is 10.8 Å². The summed E-state index contributed by atoms with van der Waals surface area (Å²) >= 11 is 0. The van der Waals surface area contributed by atoms with E-state index in [0.29, 0.717) is 10.4 Å². The molecule has 2 aromatic rings. The number of carbonyl (C=O) groups is 1. The molecule has 0 spiro atoms. The highest BCUT2D eigenvalue weighted by atomic mass is 32.2. The molecule has 0 atom stereocenters. The summed E-state index contributed by atoms with van der Waals surface area (Å²) in [5, 5.41) is 11.2. The van der Waals surface area contributed by atoms with E-state index >= 15 is 0 Å². The van der Waals surface area contributed by atoms with E-state index < -0.39 is 61.5 Å². The monoisotopic (exact) mass is 414 g/mol. The van der Waals surface area contributed by atoms with E-state index in [1.54, 1.807) is 0 Å². The quantitative estimate of drug-likeness (QED) is 0.392. The molecule has 0 unspecified atom stereocenters. The average molecular weight is 414 g/mol. The number of ether oxygens (including phenoxy) is 1. The summed E-state index contributed by atoms with van der Waals surface area (Å²) in [6, 6.07) is 6.46. The fourth-order valence-electron chi connectivity index (χ4n) is 2.35. The molecule has 0 N–H and O–H groups in total. The van der Waals surface area contributed by atoms with Crippen molar-refractivity contribution in [1.29, 1.82) is 0 Å². The maximum Gasteiger partial charge on any atom is 0.327 e. The molecule has 11 heteroatoms. The Kier molecular flexibility index (Phi) is 6.29. The number of para-hydroxylation sites is 1. The van der Waals surface area contributed by atoms with Crippen LogP contribution < -0.4 is 4.31 Å². The van der Waals surface area contributed by atoms with E-state index in [9.17, 15) is 32.1 Å². The Morgan fingerprint density at radius 3 is 2.43 bits per heavy atom. The number of halogens is 2. The number of nitrogens with zero attached hydrogens (tertiary/aromatic N) is 2. The highest BCUT2D eigenvalue weighted by Crippen LogP contribution is 2.31. The zero-order chi connectivity index (χ0) is 21.1. The summed E-state index contributed by atoms with van der Waals surface area (Å²) in [6.07, 6.45) is -0.582. The molecule has 0 aliphatic rings. The first-order valence-corrected chi connectivity index (χ1v) is 9.38. The van der Waals surface area contributed by atoms with Crippen molar-refractivity contribution in [3.63, 3.8) is 0 Å². The molecule has 28 heavy (non-hydrogen) atoms. The Balaban J connectivity index is 2.64. The second-order valence-electron chi connectivity index (χ2n) is 5.87. The molecule has 0 bridgehead atoms. The van der Waals surface area contributed by atoms with E-state index in [4.69, 9.17) is 4.74 Å². The van der Waals surface area contributed by atoms with Gasteiger partial charge in [-0.05, 0) is 32.0 Å². The summed E-state index contributed by atoms with van der Waals surface area (Å²) in [4.78, 5) is 21.6. The standard InChI is InChI=1S/C17H16F2N2O6S/c1-11(2)27-17(22)10-20(14-8-7-12(18)9-13(14)19)28(25,26)16-6-4-3-5-15(16)21(23)24/h3-9,11H,10H2,1-2H3. The Labute approximate surface area is 159 Å². The lowest BCUT2D eigenvalue weighted by atomic mass is 10.3. The minimum Gasteiger partial charge on any atom is -0.462 e. The lowest BCUT2D eigenvalue weighted by molar-refractivity contribution is -0.387. The minimum absolute atomic E-state index is 0.314. The Hall–Kier alpha value is -3.08. The number of nitro benzene ring substituents is 1. The first-order valence-electron chi connectivity index (χ1n) is 7.94. The molecule has 2 rings (SSSR count). The number of esters is 1. The molecule has 0 aliphatic heterocycles. The fraction of sp³-hybridized carbons (Fsp3) is 0.235. The highest BCUT2D eigenvalue weighted by molar-refractivity contribution is 7.93. The first-order chi connectivity index (χ1) is 13.0. The smallest absolute Gasteiger partial charge is 0.327 e. The van der Waals surface area contributed by atoms with Gasteiger partial charge in [0.15, 0.2) is 4.90 Å². The van der Waals surface area contributed by atoms with Crippen molar-refractivity contribution in [3.8, 4) is 0 Å². The van der Waals surface area contributed by atoms with E-state index in [1.807, 2.05) is 0 Å². The van der Waals surface area contributed by atoms with Gasteiger partial charge in [-0.3, -0.25) is 19.2 Å². The van der Waals surface area contributed by atoms with Crippen LogP contribution in [0.4, 0.5) is 20.2 Å². The molecular weight excluding hydrogens is 398 g/mol. The van der Waals surface area contributed by atoms with Crippen molar-refractivity contribution in [2.24, 2.45) is 0 Å². The van der Waals surface area contributed by atoms with Gasteiger partial charge < -0.3 is 4.74 Å². The van der Waals surface area contributed by atoms with Gasteiger partial charge in [0.2, 0.25) is 0 Å². The van der Waals surface area contributed by atoms with Gasteiger partial charge in [-0.1, -0.05) is 12.1 Å². The zero-order valence-corrected chi connectivity index (χ0v) is 15.7. The lowest BCUT2D eigenvalue weighted by Crippen LogP contribution is -2.38. The fourth-order valence-corrected chi connectivity index (χ4v) is 3.92. The molecule has 8 nitrogen and oxygen atoms in total. The number of hydrogen-bond donors (Lipinski definition) is 0. The van der Waals surface area contributed by atoms with Gasteiger partial charge in [0.25, 0.3) is 15.7 Å². The molecule has 2 aromatic carbocycles. The molecule has 150 valence electrons. The van der Waals surface area contributed by atoms with Gasteiger partial charge in [-0.15, -0.1) is 0 Å². The predicted molar refractivity (Wildman–Crippen MR) is 95.2 cm³/mol. The van der Waals surface area contributed by atoms with Crippen molar-refractivity contribution in [1.82, 2.24) is 0 Å². The number of nitro groups is 1. The van der Waals surface area contributed by atoms with Crippen LogP contribution in [0.5, 0.6) is 0 Å². The van der Waals surface area contributed by atoms with Gasteiger partial charge >= 0.3 is 5.97 Å². The van der Waals surface area contributed by atoms with Gasteiger partial charge in [-0.2, -0.15) is 0 Å². The van der Waals surface area contributed by atoms with Crippen LogP contribution in [-0.2, 0) is 19.6 Å². The summed E-state index contributed by atoms with van der Waals surface area (Å²) in [5.41, 5.74) is -1.41. The highest BCUT2D eigenvalue weighted by Gasteiger charge is 2.35. The molecule has 0 radical (unpaired) electrons. The topological polar surface area (TPSA) is 107 Å². The number of rotatable bonds is 7. The molecule has 0 aliphatic carbocycles. The molecular formula is C17H16F2N2O6S. The molecule has 0 fully saturated rings. The van der Waals surface area contributed by atoms with E-state index in [1.165, 1.54) is 26.0 Å². The van der Waals surface area contributed by atoms with E-state index in [0.717, 1.165) is 24.3 Å². The van der Waals surface area contributed by atoms with Gasteiger partial charge in [-0.25, -0.2) is 17.2 Å². The van der Waals surface area contributed by atoms with Crippen LogP contribution in [0.1, 0.15) is 13.8 Å². The van der Waals surface area contributed by atoms with Crippen molar-refractivity contribution >= 4 is 27.4 Å². The Morgan fingerprint density at radius 1 is 1.21 bits per heavy atom. The Bertz CT molecular complexity index is 1010. The van der Waals surface area contributed by atoms with Crippen LogP contribution in [0.3, 0.4) is 0 Å². The van der Waals surface area contributed by atoms with Crippen molar-refractivity contribution in [3.05, 3.63) is 64.2 Å². The van der Waals surface area contributed by atoms with Crippen LogP contribution in [0.2, 0.25) is 0 Å². The third kappa shape index (κ3) is 4.60. The second-order valence-corrected chi connectivity index (χ2v) is 7.70. The number of hydrogen-bond acceptors (Lipinski definition) is 6. The SMILES string of the molecule is CC(C)OC(=O)CN(c1ccc(F)cc1F)S(=O)(=O)c1ccccc1[N+](=O)[O-]. The molecule has 0 amide bonds. The Morgan fingerprint density at radius 2 is 1.86 bits per heavy atom. The van der Waals surface area contributed by atoms with E-state index in [-0.39, 0.29) is 0 Å². The number of carbonyl (C=O) groups excluding carboxylic acids is 1. The summed E-state index contributed by atoms with van der Waals surface area (Å²) in [6.45, 7) is 2.09. The minimum atomic E-state index is -4.77. The van der Waals surface area contributed by atoms with Crippen LogP contribution in [-0.4, -0.2) is 32.0 Å². The van der Waals surface area contributed by atoms with Crippen molar-refractivity contribution < 1.29 is 31.7 Å². The summed E-state index contributed by atoms with van der Waals surface area (Å²) in [7, 11) is -4.77. The van der Waals surface area contributed by atoms with Crippen LogP contribution in [0.25, 0.3) is 0 Å². The van der Waals surface area contributed by atoms with Gasteiger partial charge in [0.1, 0.15) is 18.2 Å². The third-order valence-electron chi connectivity index (χ3n) is 3.45. The summed E-state index contributed by atoms with van der Waals surface area (Å²) in [5.74, 6) is -3.24. The molecule has 0 saturated carbocycles. The molecule has 0 heterocycles. The van der Waals surface area contributed by atoms with Crippen LogP contribution in [0, 0.1) is 21.7 Å². The van der Waals surface area contributed by atoms with Gasteiger partial charge in [0, 0.05) is 12.1 Å². The lowest BCUT2D eigenvalue weighted by Gasteiger charge is -2.24. The number of anilines is 1. The third-order valence-corrected chi connectivity index (χ3v) is 5.26. The second kappa shape index (κ2) is 8.30. The average Bonchev–Trinajstić information content (AvgIpc) is 2.59. The van der Waals surface area contributed by atoms with Crippen molar-refractivity contribution in [2.45, 2.75) is 24.8 Å². The van der Waals surface area contributed by atoms with E-state index in [2.05, 4.69) is 0 Å². The van der Waals surface area contributed by atoms with Crippen LogP contribution in [0.15, 0.2) is 47.4 Å². The molecule has 0 aromatic heterocycles. The normalized spacial score (nSPS) is 11.3.